The maximum atomic E-state index is 12.1. The SMILES string of the molecule is Fc1n[nH]cc1CCl. The van der Waals surface area contributed by atoms with E-state index in [9.17, 15) is 4.39 Å². The molecule has 0 radical (unpaired) electrons. The van der Waals surface area contributed by atoms with Crippen molar-refractivity contribution in [3.63, 3.8) is 0 Å². The summed E-state index contributed by atoms with van der Waals surface area (Å²) in [6, 6.07) is 0. The van der Waals surface area contributed by atoms with Gasteiger partial charge in [-0.25, -0.2) is 0 Å². The molecule has 1 N–H and O–H groups in total. The van der Waals surface area contributed by atoms with Crippen molar-refractivity contribution in [3.8, 4) is 0 Å². The second-order valence-electron chi connectivity index (χ2n) is 1.33. The highest BCUT2D eigenvalue weighted by atomic mass is 35.5. The molecule has 4 heteroatoms. The smallest absolute Gasteiger partial charge is 0.236 e. The van der Waals surface area contributed by atoms with E-state index in [1.54, 1.807) is 0 Å². The Morgan fingerprint density at radius 1 is 1.88 bits per heavy atom. The van der Waals surface area contributed by atoms with Gasteiger partial charge in [0.1, 0.15) is 0 Å². The van der Waals surface area contributed by atoms with Crippen LogP contribution in [0.1, 0.15) is 5.56 Å². The number of halogens is 2. The van der Waals surface area contributed by atoms with Gasteiger partial charge in [-0.3, -0.25) is 5.10 Å². The normalized spacial score (nSPS) is 9.75. The molecule has 0 aliphatic rings. The summed E-state index contributed by atoms with van der Waals surface area (Å²) in [7, 11) is 0. The second-order valence-corrected chi connectivity index (χ2v) is 1.60. The first-order valence-corrected chi connectivity index (χ1v) is 2.62. The first-order valence-electron chi connectivity index (χ1n) is 2.08. The molecular weight excluding hydrogens is 131 g/mol. The van der Waals surface area contributed by atoms with Gasteiger partial charge in [0.2, 0.25) is 5.95 Å². The monoisotopic (exact) mass is 134 g/mol. The summed E-state index contributed by atoms with van der Waals surface area (Å²) in [5.41, 5.74) is 0.409. The predicted octanol–water partition coefficient (Wildman–Crippen LogP) is 1.29. The fourth-order valence-electron chi connectivity index (χ4n) is 0.392. The fourth-order valence-corrected chi connectivity index (χ4v) is 0.579. The van der Waals surface area contributed by atoms with Crippen LogP contribution in [0.4, 0.5) is 4.39 Å². The van der Waals surface area contributed by atoms with Crippen molar-refractivity contribution >= 4 is 11.6 Å². The van der Waals surface area contributed by atoms with Gasteiger partial charge >= 0.3 is 0 Å². The Bertz CT molecular complexity index is 174. The highest BCUT2D eigenvalue weighted by Gasteiger charge is 1.99. The van der Waals surface area contributed by atoms with Crippen molar-refractivity contribution in [2.75, 3.05) is 0 Å². The Morgan fingerprint density at radius 3 is 2.88 bits per heavy atom. The van der Waals surface area contributed by atoms with Gasteiger partial charge in [0, 0.05) is 11.8 Å². The highest BCUT2D eigenvalue weighted by molar-refractivity contribution is 6.17. The molecule has 0 bridgehead atoms. The van der Waals surface area contributed by atoms with Crippen molar-refractivity contribution in [3.05, 3.63) is 17.7 Å². The third-order valence-electron chi connectivity index (χ3n) is 0.810. The Hall–Kier alpha value is -0.570. The molecule has 0 aliphatic carbocycles. The molecular formula is C4H4ClFN2. The lowest BCUT2D eigenvalue weighted by atomic mass is 10.4. The molecule has 0 aromatic carbocycles. The average Bonchev–Trinajstić information content (AvgIpc) is 2.14. The van der Waals surface area contributed by atoms with Crippen LogP contribution < -0.4 is 0 Å². The number of nitrogens with one attached hydrogen (secondary N) is 1. The van der Waals surface area contributed by atoms with Crippen LogP contribution in [0, 0.1) is 5.95 Å². The first kappa shape index (κ1) is 5.56. The molecule has 0 spiro atoms. The molecule has 1 heterocycles. The zero-order valence-electron chi connectivity index (χ0n) is 3.99. The zero-order chi connectivity index (χ0) is 5.98. The summed E-state index contributed by atoms with van der Waals surface area (Å²) in [4.78, 5) is 0. The Morgan fingerprint density at radius 2 is 2.62 bits per heavy atom. The fraction of sp³-hybridized carbons (Fsp3) is 0.250. The summed E-state index contributed by atoms with van der Waals surface area (Å²) in [5, 5.41) is 5.55. The lowest BCUT2D eigenvalue weighted by molar-refractivity contribution is 0.571. The molecule has 0 unspecified atom stereocenters. The minimum absolute atomic E-state index is 0.169. The van der Waals surface area contributed by atoms with Gasteiger partial charge in [-0.1, -0.05) is 0 Å². The van der Waals surface area contributed by atoms with E-state index in [4.69, 9.17) is 11.6 Å². The molecule has 0 aliphatic heterocycles. The minimum Gasteiger partial charge on any atom is -0.282 e. The molecule has 0 saturated carbocycles. The van der Waals surface area contributed by atoms with Gasteiger partial charge < -0.3 is 0 Å². The molecule has 44 valence electrons. The van der Waals surface area contributed by atoms with Crippen LogP contribution >= 0.6 is 11.6 Å². The maximum absolute atomic E-state index is 12.1. The number of H-pyrrole nitrogens is 1. The van der Waals surface area contributed by atoms with Crippen LogP contribution in [0.3, 0.4) is 0 Å². The molecule has 0 amide bonds. The molecule has 8 heavy (non-hydrogen) atoms. The standard InChI is InChI=1S/C4H4ClFN2/c5-1-3-2-7-8-4(3)6/h2H,1H2,(H,7,8). The van der Waals surface area contributed by atoms with Crippen molar-refractivity contribution in [2.45, 2.75) is 5.88 Å². The van der Waals surface area contributed by atoms with Crippen LogP contribution in [0.5, 0.6) is 0 Å². The van der Waals surface area contributed by atoms with E-state index in [0.29, 0.717) is 5.56 Å². The average molecular weight is 135 g/mol. The summed E-state index contributed by atoms with van der Waals surface area (Å²) in [6.45, 7) is 0. The van der Waals surface area contributed by atoms with E-state index in [1.165, 1.54) is 6.20 Å². The number of aromatic nitrogens is 2. The Labute approximate surface area is 50.7 Å². The van der Waals surface area contributed by atoms with Crippen LogP contribution in [0.15, 0.2) is 6.20 Å². The largest absolute Gasteiger partial charge is 0.282 e. The van der Waals surface area contributed by atoms with Gasteiger partial charge in [0.05, 0.1) is 5.88 Å². The van der Waals surface area contributed by atoms with Gasteiger partial charge in [0.25, 0.3) is 0 Å². The van der Waals surface area contributed by atoms with Gasteiger partial charge in [-0.15, -0.1) is 16.7 Å². The maximum Gasteiger partial charge on any atom is 0.236 e. The number of rotatable bonds is 1. The summed E-state index contributed by atoms with van der Waals surface area (Å²) >= 11 is 5.27. The van der Waals surface area contributed by atoms with Crippen LogP contribution in [-0.4, -0.2) is 10.2 Å². The van der Waals surface area contributed by atoms with Crippen molar-refractivity contribution in [1.82, 2.24) is 10.2 Å². The van der Waals surface area contributed by atoms with Gasteiger partial charge in [-0.2, -0.15) is 4.39 Å². The number of nitrogens with zero attached hydrogens (tertiary/aromatic N) is 1. The van der Waals surface area contributed by atoms with Gasteiger partial charge in [0.15, 0.2) is 0 Å². The lowest BCUT2D eigenvalue weighted by Gasteiger charge is -1.79. The molecule has 1 aromatic rings. The topological polar surface area (TPSA) is 28.7 Å². The van der Waals surface area contributed by atoms with E-state index >= 15 is 0 Å². The van der Waals surface area contributed by atoms with Crippen LogP contribution in [-0.2, 0) is 5.88 Å². The Balaban J connectivity index is 2.92. The summed E-state index contributed by atoms with van der Waals surface area (Å²) < 4.78 is 12.1. The second kappa shape index (κ2) is 2.13. The quantitative estimate of drug-likeness (QED) is 0.576. The summed E-state index contributed by atoms with van der Waals surface area (Å²) in [6.07, 6.45) is 1.43. The molecule has 2 nitrogen and oxygen atoms in total. The molecule has 0 saturated heterocycles. The van der Waals surface area contributed by atoms with Crippen molar-refractivity contribution in [2.24, 2.45) is 0 Å². The third-order valence-corrected chi connectivity index (χ3v) is 1.10. The Kier molecular flexibility index (Phi) is 1.48. The zero-order valence-corrected chi connectivity index (χ0v) is 4.74. The minimum atomic E-state index is -0.514. The molecule has 0 fully saturated rings. The molecule has 0 atom stereocenters. The van der Waals surface area contributed by atoms with Crippen LogP contribution in [0.2, 0.25) is 0 Å². The molecule has 1 aromatic heterocycles. The van der Waals surface area contributed by atoms with E-state index in [1.807, 2.05) is 0 Å². The summed E-state index contributed by atoms with van der Waals surface area (Å²) in [5.74, 6) is -0.345. The van der Waals surface area contributed by atoms with E-state index in [0.717, 1.165) is 0 Å². The van der Waals surface area contributed by atoms with E-state index in [-0.39, 0.29) is 5.88 Å². The first-order chi connectivity index (χ1) is 3.84. The molecule has 1 rings (SSSR count). The van der Waals surface area contributed by atoms with Crippen molar-refractivity contribution < 1.29 is 4.39 Å². The van der Waals surface area contributed by atoms with Crippen LogP contribution in [0.25, 0.3) is 0 Å². The third kappa shape index (κ3) is 0.816. The number of hydrogen-bond acceptors (Lipinski definition) is 1. The number of alkyl halides is 1. The van der Waals surface area contributed by atoms with Gasteiger partial charge in [-0.05, 0) is 0 Å². The van der Waals surface area contributed by atoms with Crippen molar-refractivity contribution in [1.29, 1.82) is 0 Å². The predicted molar refractivity (Wildman–Crippen MR) is 28.1 cm³/mol. The lowest BCUT2D eigenvalue weighted by Crippen LogP contribution is -1.77. The number of hydrogen-bond donors (Lipinski definition) is 1. The van der Waals surface area contributed by atoms with E-state index < -0.39 is 5.95 Å². The van der Waals surface area contributed by atoms with E-state index in [2.05, 4.69) is 10.2 Å². The highest BCUT2D eigenvalue weighted by Crippen LogP contribution is 2.03. The number of aromatic amines is 1.